The van der Waals surface area contributed by atoms with Gasteiger partial charge in [0.25, 0.3) is 5.91 Å². The number of hydrogen-bond acceptors (Lipinski definition) is 4. The van der Waals surface area contributed by atoms with E-state index in [1.165, 1.54) is 17.4 Å². The Bertz CT molecular complexity index is 955. The van der Waals surface area contributed by atoms with Crippen molar-refractivity contribution in [1.29, 1.82) is 0 Å². The van der Waals surface area contributed by atoms with Crippen LogP contribution in [-0.4, -0.2) is 35.9 Å². The lowest BCUT2D eigenvalue weighted by Gasteiger charge is -2.21. The molecule has 0 N–H and O–H groups in total. The molecule has 0 unspecified atom stereocenters. The van der Waals surface area contributed by atoms with Crippen molar-refractivity contribution in [2.24, 2.45) is 0 Å². The molecular weight excluding hydrogens is 349 g/mol. The van der Waals surface area contributed by atoms with Crippen LogP contribution in [0.2, 0.25) is 0 Å². The minimum atomic E-state index is -0.331. The number of amides is 1. The maximum atomic E-state index is 14.0. The van der Waals surface area contributed by atoms with Crippen molar-refractivity contribution in [3.63, 3.8) is 0 Å². The van der Waals surface area contributed by atoms with Crippen molar-refractivity contribution in [1.82, 2.24) is 9.88 Å². The largest absolute Gasteiger partial charge is 0.306 e. The number of carbonyl (C=O) groups is 1. The molecule has 4 nitrogen and oxygen atoms in total. The summed E-state index contributed by atoms with van der Waals surface area (Å²) in [7, 11) is 2.05. The van der Waals surface area contributed by atoms with Crippen LogP contribution in [-0.2, 0) is 6.54 Å². The third-order valence-corrected chi connectivity index (χ3v) is 5.51. The Kier molecular flexibility index (Phi) is 4.53. The second kappa shape index (κ2) is 6.97. The lowest BCUT2D eigenvalue weighted by Crippen LogP contribution is -2.34. The molecule has 0 saturated heterocycles. The first-order valence-electron chi connectivity index (χ1n) is 8.42. The fourth-order valence-corrected chi connectivity index (χ4v) is 4.04. The van der Waals surface area contributed by atoms with Crippen molar-refractivity contribution < 1.29 is 9.18 Å². The van der Waals surface area contributed by atoms with Crippen molar-refractivity contribution in [2.45, 2.75) is 6.54 Å². The number of thiazole rings is 1. The topological polar surface area (TPSA) is 36.4 Å². The fraction of sp³-hybridized carbons (Fsp3) is 0.200. The summed E-state index contributed by atoms with van der Waals surface area (Å²) in [4.78, 5) is 21.9. The summed E-state index contributed by atoms with van der Waals surface area (Å²) in [6.07, 6.45) is 1.55. The Morgan fingerprint density at radius 2 is 1.88 bits per heavy atom. The Balaban J connectivity index is 1.67. The number of hydrogen-bond donors (Lipinski definition) is 0. The van der Waals surface area contributed by atoms with Gasteiger partial charge in [0, 0.05) is 30.9 Å². The van der Waals surface area contributed by atoms with Gasteiger partial charge in [0.1, 0.15) is 15.7 Å². The molecule has 0 aliphatic carbocycles. The highest BCUT2D eigenvalue weighted by Crippen LogP contribution is 2.31. The minimum absolute atomic E-state index is 0.0900. The van der Waals surface area contributed by atoms with E-state index in [0.29, 0.717) is 22.0 Å². The maximum absolute atomic E-state index is 14.0. The summed E-state index contributed by atoms with van der Waals surface area (Å²) in [5.74, 6) is -0.421. The molecule has 26 heavy (non-hydrogen) atoms. The zero-order chi connectivity index (χ0) is 18.1. The smallest absolute Gasteiger partial charge is 0.270 e. The van der Waals surface area contributed by atoms with Crippen LogP contribution in [0.5, 0.6) is 0 Å². The summed E-state index contributed by atoms with van der Waals surface area (Å²) < 4.78 is 14.0. The van der Waals surface area contributed by atoms with Crippen LogP contribution in [0.3, 0.4) is 0 Å². The maximum Gasteiger partial charge on any atom is 0.270 e. The van der Waals surface area contributed by atoms with Crippen LogP contribution in [0.4, 0.5) is 10.1 Å². The lowest BCUT2D eigenvalue weighted by atomic mass is 10.1. The summed E-state index contributed by atoms with van der Waals surface area (Å²) in [5, 5.41) is 0.520. The fourth-order valence-electron chi connectivity index (χ4n) is 3.14. The van der Waals surface area contributed by atoms with Gasteiger partial charge in [-0.1, -0.05) is 30.3 Å². The molecule has 1 amide bonds. The molecule has 2 heterocycles. The predicted octanol–water partition coefficient (Wildman–Crippen LogP) is 4.04. The van der Waals surface area contributed by atoms with Gasteiger partial charge in [-0.2, -0.15) is 0 Å². The van der Waals surface area contributed by atoms with Gasteiger partial charge in [0.15, 0.2) is 0 Å². The van der Waals surface area contributed by atoms with Crippen LogP contribution >= 0.6 is 11.3 Å². The van der Waals surface area contributed by atoms with Gasteiger partial charge in [-0.25, -0.2) is 9.37 Å². The van der Waals surface area contributed by atoms with E-state index in [0.717, 1.165) is 24.3 Å². The van der Waals surface area contributed by atoms with Crippen molar-refractivity contribution in [3.05, 3.63) is 71.0 Å². The highest BCUT2D eigenvalue weighted by atomic mass is 32.1. The number of nitrogens with zero attached hydrogens (tertiary/aromatic N) is 3. The van der Waals surface area contributed by atoms with E-state index in [9.17, 15) is 9.18 Å². The number of para-hydroxylation sites is 1. The number of aromatic nitrogens is 1. The summed E-state index contributed by atoms with van der Waals surface area (Å²) in [6, 6.07) is 14.5. The molecule has 4 rings (SSSR count). The van der Waals surface area contributed by atoms with Gasteiger partial charge < -0.3 is 9.80 Å². The highest BCUT2D eigenvalue weighted by Gasteiger charge is 2.25. The molecular formula is C20H18FN3OS. The molecule has 0 bridgehead atoms. The molecule has 132 valence electrons. The Morgan fingerprint density at radius 3 is 2.73 bits per heavy atom. The van der Waals surface area contributed by atoms with Crippen molar-refractivity contribution in [3.8, 4) is 10.6 Å². The normalized spacial score (nSPS) is 14.8. The average Bonchev–Trinajstić information content (AvgIpc) is 3.06. The van der Waals surface area contributed by atoms with E-state index in [1.54, 1.807) is 29.3 Å². The van der Waals surface area contributed by atoms with Gasteiger partial charge >= 0.3 is 0 Å². The number of anilines is 1. The Labute approximate surface area is 155 Å². The van der Waals surface area contributed by atoms with Crippen molar-refractivity contribution >= 4 is 22.9 Å². The standard InChI is InChI=1S/C20H18FN3OS/c1-23-10-11-24(17-9-5-2-6-14(17)13-23)20(25)18-12-22-19(26-18)15-7-3-4-8-16(15)21/h2-9,12H,10-11,13H2,1H3. The molecule has 0 saturated carbocycles. The number of carbonyl (C=O) groups excluding carboxylic acids is 1. The van der Waals surface area contributed by atoms with Gasteiger partial charge in [0.2, 0.25) is 0 Å². The first kappa shape index (κ1) is 16.9. The molecule has 0 atom stereocenters. The Hall–Kier alpha value is -2.57. The monoisotopic (exact) mass is 367 g/mol. The van der Waals surface area contributed by atoms with E-state index in [2.05, 4.69) is 16.0 Å². The van der Waals surface area contributed by atoms with E-state index in [1.807, 2.05) is 25.2 Å². The van der Waals surface area contributed by atoms with Crippen LogP contribution in [0.15, 0.2) is 54.7 Å². The second-order valence-corrected chi connectivity index (χ2v) is 7.36. The molecule has 2 aromatic carbocycles. The van der Waals surface area contributed by atoms with Gasteiger partial charge in [-0.05, 0) is 30.8 Å². The minimum Gasteiger partial charge on any atom is -0.306 e. The number of halogens is 1. The van der Waals surface area contributed by atoms with Crippen LogP contribution in [0.25, 0.3) is 10.6 Å². The van der Waals surface area contributed by atoms with Gasteiger partial charge in [-0.15, -0.1) is 11.3 Å². The molecule has 1 aliphatic rings. The van der Waals surface area contributed by atoms with Gasteiger partial charge in [-0.3, -0.25) is 4.79 Å². The van der Waals surface area contributed by atoms with Gasteiger partial charge in [0.05, 0.1) is 6.20 Å². The Morgan fingerprint density at radius 1 is 1.12 bits per heavy atom. The van der Waals surface area contributed by atoms with Crippen LogP contribution in [0.1, 0.15) is 15.2 Å². The SMILES string of the molecule is CN1CCN(C(=O)c2cnc(-c3ccccc3F)s2)c2ccccc2C1. The predicted molar refractivity (Wildman–Crippen MR) is 102 cm³/mol. The third-order valence-electron chi connectivity index (χ3n) is 4.49. The summed E-state index contributed by atoms with van der Waals surface area (Å²) in [5.41, 5.74) is 2.48. The number of likely N-dealkylation sites (N-methyl/N-ethyl adjacent to an activating group) is 1. The molecule has 0 fully saturated rings. The molecule has 1 aliphatic heterocycles. The number of rotatable bonds is 2. The zero-order valence-electron chi connectivity index (χ0n) is 14.4. The average molecular weight is 367 g/mol. The van der Waals surface area contributed by atoms with Crippen LogP contribution < -0.4 is 4.90 Å². The lowest BCUT2D eigenvalue weighted by molar-refractivity contribution is 0.0989. The van der Waals surface area contributed by atoms with E-state index in [-0.39, 0.29) is 11.7 Å². The molecule has 0 radical (unpaired) electrons. The molecule has 6 heteroatoms. The quantitative estimate of drug-likeness (QED) is 0.686. The third kappa shape index (κ3) is 3.13. The summed E-state index contributed by atoms with van der Waals surface area (Å²) >= 11 is 1.23. The van der Waals surface area contributed by atoms with Crippen molar-refractivity contribution in [2.75, 3.05) is 25.0 Å². The molecule has 1 aromatic heterocycles. The number of fused-ring (bicyclic) bond motifs is 1. The number of benzene rings is 2. The van der Waals surface area contributed by atoms with E-state index >= 15 is 0 Å². The first-order chi connectivity index (χ1) is 12.6. The van der Waals surface area contributed by atoms with Crippen LogP contribution in [0, 0.1) is 5.82 Å². The second-order valence-electron chi connectivity index (χ2n) is 6.33. The molecule has 0 spiro atoms. The van der Waals surface area contributed by atoms with E-state index in [4.69, 9.17) is 0 Å². The zero-order valence-corrected chi connectivity index (χ0v) is 15.2. The van der Waals surface area contributed by atoms with E-state index < -0.39 is 0 Å². The highest BCUT2D eigenvalue weighted by molar-refractivity contribution is 7.17. The molecule has 3 aromatic rings. The summed E-state index contributed by atoms with van der Waals surface area (Å²) in [6.45, 7) is 2.21. The first-order valence-corrected chi connectivity index (χ1v) is 9.24.